The van der Waals surface area contributed by atoms with Crippen LogP contribution in [-0.4, -0.2) is 34.7 Å². The number of benzene rings is 1. The van der Waals surface area contributed by atoms with E-state index < -0.39 is 35.7 Å². The fourth-order valence-electron chi connectivity index (χ4n) is 3.04. The predicted octanol–water partition coefficient (Wildman–Crippen LogP) is 3.27. The second-order valence-corrected chi connectivity index (χ2v) is 7.62. The van der Waals surface area contributed by atoms with E-state index in [1.165, 1.54) is 12.1 Å². The van der Waals surface area contributed by atoms with E-state index in [-0.39, 0.29) is 16.2 Å². The van der Waals surface area contributed by atoms with E-state index in [0.717, 1.165) is 0 Å². The topological polar surface area (TPSA) is 109 Å². The summed E-state index contributed by atoms with van der Waals surface area (Å²) in [4.78, 5) is 28.3. The third kappa shape index (κ3) is 4.64. The molecule has 3 rings (SSSR count). The Bertz CT molecular complexity index is 1040. The lowest BCUT2D eigenvalue weighted by Gasteiger charge is -2.21. The lowest BCUT2D eigenvalue weighted by Crippen LogP contribution is -2.49. The van der Waals surface area contributed by atoms with Gasteiger partial charge in [-0.05, 0) is 49.4 Å². The highest BCUT2D eigenvalue weighted by molar-refractivity contribution is 7.80. The molecular weight excluding hydrogens is 417 g/mol. The Morgan fingerprint density at radius 2 is 1.97 bits per heavy atom. The van der Waals surface area contributed by atoms with E-state index >= 15 is 0 Å². The minimum absolute atomic E-state index is 0.146. The fraction of sp³-hybridized carbons (Fsp3) is 0.300. The van der Waals surface area contributed by atoms with Gasteiger partial charge in [0, 0.05) is 16.0 Å². The summed E-state index contributed by atoms with van der Waals surface area (Å²) >= 11 is 4.28. The lowest BCUT2D eigenvalue weighted by atomic mass is 10.0. The molecule has 2 amide bonds. The van der Waals surface area contributed by atoms with Gasteiger partial charge in [-0.2, -0.15) is 13.2 Å². The number of carbonyl (C=O) groups excluding carboxylic acids is 2. The zero-order valence-corrected chi connectivity index (χ0v) is 16.8. The van der Waals surface area contributed by atoms with Gasteiger partial charge in [0.15, 0.2) is 0 Å². The van der Waals surface area contributed by atoms with Crippen LogP contribution in [0, 0.1) is 18.3 Å². The first-order valence-electron chi connectivity index (χ1n) is 9.06. The smallest absolute Gasteiger partial charge is 0.366 e. The number of rotatable bonds is 6. The van der Waals surface area contributed by atoms with Crippen LogP contribution in [0.15, 0.2) is 35.2 Å². The zero-order chi connectivity index (χ0) is 22.2. The van der Waals surface area contributed by atoms with E-state index in [4.69, 9.17) is 11.1 Å². The molecule has 0 radical (unpaired) electrons. The van der Waals surface area contributed by atoms with Gasteiger partial charge in [0.2, 0.25) is 5.91 Å². The summed E-state index contributed by atoms with van der Waals surface area (Å²) in [6.07, 6.45) is -3.85. The molecule has 0 spiro atoms. The van der Waals surface area contributed by atoms with Crippen LogP contribution in [0.2, 0.25) is 0 Å². The van der Waals surface area contributed by atoms with Gasteiger partial charge in [0.1, 0.15) is 17.4 Å². The van der Waals surface area contributed by atoms with Crippen molar-refractivity contribution in [3.05, 3.63) is 47.2 Å². The number of thiol groups is 1. The number of pyridine rings is 1. The molecule has 1 aromatic heterocycles. The van der Waals surface area contributed by atoms with Crippen LogP contribution in [0.25, 0.3) is 11.3 Å². The number of hydrogen-bond donors (Lipinski definition) is 4. The fourth-order valence-corrected chi connectivity index (χ4v) is 3.26. The average molecular weight is 436 g/mol. The number of nitrogens with one attached hydrogen (secondary N) is 2. The van der Waals surface area contributed by atoms with Crippen molar-refractivity contribution in [3.63, 3.8) is 0 Å². The van der Waals surface area contributed by atoms with Crippen LogP contribution in [0.1, 0.15) is 34.5 Å². The van der Waals surface area contributed by atoms with Crippen molar-refractivity contribution in [1.82, 2.24) is 10.3 Å². The Balaban J connectivity index is 1.93. The molecule has 1 aliphatic rings. The molecular formula is C20H19F3N4O2S. The Morgan fingerprint density at radius 1 is 1.30 bits per heavy atom. The Hall–Kier alpha value is -2.88. The van der Waals surface area contributed by atoms with Crippen LogP contribution >= 0.6 is 12.6 Å². The molecule has 4 N–H and O–H groups in total. The summed E-state index contributed by atoms with van der Waals surface area (Å²) in [5, 5.41) is 10.1. The van der Waals surface area contributed by atoms with Crippen LogP contribution in [0.4, 0.5) is 13.2 Å². The van der Waals surface area contributed by atoms with Gasteiger partial charge in [0.25, 0.3) is 5.91 Å². The van der Waals surface area contributed by atoms with Crippen molar-refractivity contribution >= 4 is 30.2 Å². The maximum atomic E-state index is 13.2. The first-order valence-corrected chi connectivity index (χ1v) is 9.51. The molecule has 1 unspecified atom stereocenters. The monoisotopic (exact) mass is 436 g/mol. The number of nitrogens with two attached hydrogens (primary N) is 1. The molecule has 158 valence electrons. The number of halogens is 3. The summed E-state index contributed by atoms with van der Waals surface area (Å²) in [6, 6.07) is 5.93. The predicted molar refractivity (Wildman–Crippen MR) is 108 cm³/mol. The van der Waals surface area contributed by atoms with Gasteiger partial charge in [-0.25, -0.2) is 4.98 Å². The van der Waals surface area contributed by atoms with Crippen molar-refractivity contribution in [2.24, 2.45) is 11.7 Å². The maximum Gasteiger partial charge on any atom is 0.408 e. The van der Waals surface area contributed by atoms with Crippen molar-refractivity contribution < 1.29 is 22.8 Å². The lowest BCUT2D eigenvalue weighted by molar-refractivity contribution is -0.164. The normalized spacial score (nSPS) is 14.8. The molecule has 1 heterocycles. The number of aryl methyl sites for hydroxylation is 1. The summed E-state index contributed by atoms with van der Waals surface area (Å²) in [7, 11) is 0. The Labute approximate surface area is 176 Å². The molecule has 0 bridgehead atoms. The van der Waals surface area contributed by atoms with E-state index in [2.05, 4.69) is 17.6 Å². The van der Waals surface area contributed by atoms with Gasteiger partial charge in [-0.3, -0.25) is 15.0 Å². The van der Waals surface area contributed by atoms with Crippen LogP contribution in [0.5, 0.6) is 0 Å². The molecule has 0 saturated heterocycles. The largest absolute Gasteiger partial charge is 0.408 e. The minimum atomic E-state index is -4.60. The summed E-state index contributed by atoms with van der Waals surface area (Å²) in [6.45, 7) is 1.67. The molecule has 0 aliphatic heterocycles. The van der Waals surface area contributed by atoms with Gasteiger partial charge in [-0.15, -0.1) is 12.6 Å². The van der Waals surface area contributed by atoms with Crippen LogP contribution in [0.3, 0.4) is 0 Å². The van der Waals surface area contributed by atoms with E-state index in [0.29, 0.717) is 29.7 Å². The number of nitrogens with zero attached hydrogens (tertiary/aromatic N) is 1. The number of alkyl halides is 3. The first kappa shape index (κ1) is 21.8. The molecule has 2 aromatic rings. The third-order valence-corrected chi connectivity index (χ3v) is 5.39. The van der Waals surface area contributed by atoms with Crippen molar-refractivity contribution in [3.8, 4) is 11.3 Å². The highest BCUT2D eigenvalue weighted by Crippen LogP contribution is 2.40. The van der Waals surface area contributed by atoms with Gasteiger partial charge in [-0.1, -0.05) is 12.1 Å². The van der Waals surface area contributed by atoms with Crippen molar-refractivity contribution in [2.75, 3.05) is 0 Å². The van der Waals surface area contributed by atoms with E-state index in [1.54, 1.807) is 25.1 Å². The highest BCUT2D eigenvalue weighted by atomic mass is 32.1. The first-order chi connectivity index (χ1) is 14.0. The van der Waals surface area contributed by atoms with Gasteiger partial charge >= 0.3 is 6.18 Å². The Kier molecular flexibility index (Phi) is 5.89. The SMILES string of the molecule is Cc1cc(-c2cccc(C(N)=O)c2)nc(C(=N)C(=O)NC(C2CC2)C(F)(F)F)c1S. The number of amides is 2. The number of carbonyl (C=O) groups is 2. The van der Waals surface area contributed by atoms with E-state index in [9.17, 15) is 22.8 Å². The molecule has 1 atom stereocenters. The summed E-state index contributed by atoms with van der Waals surface area (Å²) in [5.41, 5.74) is 6.07. The van der Waals surface area contributed by atoms with Gasteiger partial charge < -0.3 is 11.1 Å². The molecule has 1 saturated carbocycles. The van der Waals surface area contributed by atoms with Crippen molar-refractivity contribution in [1.29, 1.82) is 5.41 Å². The zero-order valence-electron chi connectivity index (χ0n) is 15.9. The second kappa shape index (κ2) is 8.10. The number of aromatic nitrogens is 1. The standard InChI is InChI=1S/C20H19F3N4O2S/c1-9-7-13(11-3-2-4-12(8-11)18(25)28)26-15(16(9)30)14(24)19(29)27-17(10-5-6-10)20(21,22)23/h2-4,7-8,10,17,24,30H,5-6H2,1H3,(H2,25,28)(H,27,29). The minimum Gasteiger partial charge on any atom is -0.366 e. The van der Waals surface area contributed by atoms with Crippen LogP contribution < -0.4 is 11.1 Å². The molecule has 6 nitrogen and oxygen atoms in total. The van der Waals surface area contributed by atoms with Crippen LogP contribution in [-0.2, 0) is 4.79 Å². The quantitative estimate of drug-likeness (QED) is 0.412. The summed E-state index contributed by atoms with van der Waals surface area (Å²) < 4.78 is 39.6. The summed E-state index contributed by atoms with van der Waals surface area (Å²) in [5.74, 6) is -2.48. The molecule has 1 aliphatic carbocycles. The molecule has 1 aromatic carbocycles. The number of hydrogen-bond acceptors (Lipinski definition) is 5. The third-order valence-electron chi connectivity index (χ3n) is 4.82. The molecule has 1 fully saturated rings. The van der Waals surface area contributed by atoms with Crippen molar-refractivity contribution in [2.45, 2.75) is 36.9 Å². The maximum absolute atomic E-state index is 13.2. The Morgan fingerprint density at radius 3 is 2.53 bits per heavy atom. The number of primary amides is 1. The molecule has 10 heteroatoms. The van der Waals surface area contributed by atoms with Gasteiger partial charge in [0.05, 0.1) is 5.69 Å². The average Bonchev–Trinajstić information content (AvgIpc) is 3.51. The second-order valence-electron chi connectivity index (χ2n) is 7.17. The highest BCUT2D eigenvalue weighted by Gasteiger charge is 2.50. The van der Waals surface area contributed by atoms with E-state index in [1.807, 2.05) is 5.32 Å². The molecule has 30 heavy (non-hydrogen) atoms.